The Morgan fingerprint density at radius 1 is 1.67 bits per heavy atom. The molecule has 0 aliphatic carbocycles. The SMILES string of the molecule is CCC1(C(=O)N2CCOC(C#N)C2)CCCNC1. The Kier molecular flexibility index (Phi) is 4.20. The summed E-state index contributed by atoms with van der Waals surface area (Å²) < 4.78 is 5.29. The van der Waals surface area contributed by atoms with Gasteiger partial charge in [-0.05, 0) is 25.8 Å². The van der Waals surface area contributed by atoms with Gasteiger partial charge in [0.1, 0.15) is 0 Å². The van der Waals surface area contributed by atoms with Crippen molar-refractivity contribution in [3.8, 4) is 6.07 Å². The first-order chi connectivity index (χ1) is 8.72. The molecule has 0 bridgehead atoms. The molecular formula is C13H21N3O2. The van der Waals surface area contributed by atoms with Crippen molar-refractivity contribution in [2.45, 2.75) is 32.3 Å². The molecule has 0 saturated carbocycles. The lowest BCUT2D eigenvalue weighted by Gasteiger charge is -2.41. The van der Waals surface area contributed by atoms with Gasteiger partial charge in [-0.1, -0.05) is 6.92 Å². The molecule has 0 aromatic heterocycles. The summed E-state index contributed by atoms with van der Waals surface area (Å²) in [6, 6.07) is 2.09. The molecule has 2 heterocycles. The van der Waals surface area contributed by atoms with Crippen molar-refractivity contribution in [2.75, 3.05) is 32.8 Å². The number of piperidine rings is 1. The Balaban J connectivity index is 2.06. The van der Waals surface area contributed by atoms with Crippen molar-refractivity contribution in [2.24, 2.45) is 5.41 Å². The second kappa shape index (κ2) is 5.68. The first-order valence-corrected chi connectivity index (χ1v) is 6.73. The van der Waals surface area contributed by atoms with Crippen molar-refractivity contribution < 1.29 is 9.53 Å². The van der Waals surface area contributed by atoms with E-state index < -0.39 is 6.10 Å². The van der Waals surface area contributed by atoms with E-state index in [9.17, 15) is 4.79 Å². The lowest BCUT2D eigenvalue weighted by atomic mass is 9.77. The molecule has 0 aromatic rings. The average molecular weight is 251 g/mol. The Morgan fingerprint density at radius 2 is 2.50 bits per heavy atom. The number of rotatable bonds is 2. The van der Waals surface area contributed by atoms with Gasteiger partial charge in [0.25, 0.3) is 0 Å². The van der Waals surface area contributed by atoms with E-state index in [0.717, 1.165) is 32.4 Å². The summed E-state index contributed by atoms with van der Waals surface area (Å²) in [6.45, 7) is 5.33. The molecule has 0 spiro atoms. The van der Waals surface area contributed by atoms with Gasteiger partial charge in [0, 0.05) is 13.1 Å². The molecule has 5 nitrogen and oxygen atoms in total. The third kappa shape index (κ3) is 2.50. The van der Waals surface area contributed by atoms with Crippen LogP contribution in [0.15, 0.2) is 0 Å². The first kappa shape index (κ1) is 13.3. The van der Waals surface area contributed by atoms with Gasteiger partial charge in [-0.15, -0.1) is 0 Å². The van der Waals surface area contributed by atoms with Gasteiger partial charge in [-0.3, -0.25) is 4.79 Å². The van der Waals surface area contributed by atoms with E-state index in [-0.39, 0.29) is 11.3 Å². The van der Waals surface area contributed by atoms with Crippen LogP contribution in [0, 0.1) is 16.7 Å². The van der Waals surface area contributed by atoms with Gasteiger partial charge < -0.3 is 15.0 Å². The van der Waals surface area contributed by atoms with E-state index in [0.29, 0.717) is 19.7 Å². The third-order valence-electron chi connectivity index (χ3n) is 4.10. The van der Waals surface area contributed by atoms with Crippen LogP contribution in [0.2, 0.25) is 0 Å². The largest absolute Gasteiger partial charge is 0.360 e. The summed E-state index contributed by atoms with van der Waals surface area (Å²) >= 11 is 0. The number of nitrogens with one attached hydrogen (secondary N) is 1. The van der Waals surface area contributed by atoms with Gasteiger partial charge in [0.2, 0.25) is 5.91 Å². The van der Waals surface area contributed by atoms with Gasteiger partial charge in [0.05, 0.1) is 24.6 Å². The fourth-order valence-electron chi connectivity index (χ4n) is 2.85. The molecule has 2 atom stereocenters. The highest BCUT2D eigenvalue weighted by atomic mass is 16.5. The van der Waals surface area contributed by atoms with Crippen molar-refractivity contribution in [1.82, 2.24) is 10.2 Å². The van der Waals surface area contributed by atoms with Crippen LogP contribution in [0.1, 0.15) is 26.2 Å². The molecule has 0 radical (unpaired) electrons. The zero-order chi connectivity index (χ0) is 13.0. The molecule has 0 aromatic carbocycles. The molecule has 1 amide bonds. The zero-order valence-corrected chi connectivity index (χ0v) is 10.9. The summed E-state index contributed by atoms with van der Waals surface area (Å²) in [6.07, 6.45) is 2.39. The molecule has 2 saturated heterocycles. The fraction of sp³-hybridized carbons (Fsp3) is 0.846. The second-order valence-electron chi connectivity index (χ2n) is 5.15. The number of amides is 1. The molecule has 2 rings (SSSR count). The van der Waals surface area contributed by atoms with Gasteiger partial charge in [-0.25, -0.2) is 0 Å². The Labute approximate surface area is 108 Å². The van der Waals surface area contributed by atoms with Crippen molar-refractivity contribution in [3.05, 3.63) is 0 Å². The molecular weight excluding hydrogens is 230 g/mol. The minimum absolute atomic E-state index is 0.195. The molecule has 2 aliphatic heterocycles. The molecule has 100 valence electrons. The Morgan fingerprint density at radius 3 is 3.11 bits per heavy atom. The first-order valence-electron chi connectivity index (χ1n) is 6.73. The summed E-state index contributed by atoms with van der Waals surface area (Å²) in [7, 11) is 0. The lowest BCUT2D eigenvalue weighted by Crippen LogP contribution is -2.55. The molecule has 5 heteroatoms. The predicted molar refractivity (Wildman–Crippen MR) is 66.8 cm³/mol. The van der Waals surface area contributed by atoms with Gasteiger partial charge in [0.15, 0.2) is 6.10 Å². The van der Waals surface area contributed by atoms with Crippen molar-refractivity contribution in [3.63, 3.8) is 0 Å². The molecule has 2 fully saturated rings. The van der Waals surface area contributed by atoms with Crippen LogP contribution in [-0.4, -0.2) is 49.7 Å². The van der Waals surface area contributed by atoms with Crippen molar-refractivity contribution in [1.29, 1.82) is 5.26 Å². The van der Waals surface area contributed by atoms with Crippen molar-refractivity contribution >= 4 is 5.91 Å². The minimum Gasteiger partial charge on any atom is -0.360 e. The smallest absolute Gasteiger partial charge is 0.230 e. The number of morpholine rings is 1. The van der Waals surface area contributed by atoms with Crippen LogP contribution in [0.25, 0.3) is 0 Å². The number of carbonyl (C=O) groups excluding carboxylic acids is 1. The van der Waals surface area contributed by atoms with Crippen LogP contribution in [0.5, 0.6) is 0 Å². The highest BCUT2D eigenvalue weighted by molar-refractivity contribution is 5.83. The monoisotopic (exact) mass is 251 g/mol. The summed E-state index contributed by atoms with van der Waals surface area (Å²) in [5, 5.41) is 12.2. The van der Waals surface area contributed by atoms with Crippen LogP contribution >= 0.6 is 0 Å². The number of carbonyl (C=O) groups is 1. The van der Waals surface area contributed by atoms with E-state index >= 15 is 0 Å². The topological polar surface area (TPSA) is 65.4 Å². The van der Waals surface area contributed by atoms with Gasteiger partial charge >= 0.3 is 0 Å². The maximum Gasteiger partial charge on any atom is 0.230 e. The summed E-state index contributed by atoms with van der Waals surface area (Å²) in [4.78, 5) is 14.5. The van der Waals surface area contributed by atoms with E-state index in [1.54, 1.807) is 0 Å². The number of hydrogen-bond acceptors (Lipinski definition) is 4. The summed E-state index contributed by atoms with van der Waals surface area (Å²) in [5.74, 6) is 0.195. The molecule has 1 N–H and O–H groups in total. The molecule has 2 aliphatic rings. The van der Waals surface area contributed by atoms with Crippen LogP contribution in [0.4, 0.5) is 0 Å². The zero-order valence-electron chi connectivity index (χ0n) is 10.9. The molecule has 2 unspecified atom stereocenters. The van der Waals surface area contributed by atoms with E-state index in [1.807, 2.05) is 4.90 Å². The van der Waals surface area contributed by atoms with Gasteiger partial charge in [-0.2, -0.15) is 5.26 Å². The van der Waals surface area contributed by atoms with E-state index in [4.69, 9.17) is 10.00 Å². The van der Waals surface area contributed by atoms with Crippen LogP contribution in [-0.2, 0) is 9.53 Å². The normalized spacial score (nSPS) is 32.9. The maximum absolute atomic E-state index is 12.7. The average Bonchev–Trinajstić information content (AvgIpc) is 2.47. The van der Waals surface area contributed by atoms with E-state index in [1.165, 1.54) is 0 Å². The third-order valence-corrected chi connectivity index (χ3v) is 4.10. The quantitative estimate of drug-likeness (QED) is 0.777. The molecule has 18 heavy (non-hydrogen) atoms. The van der Waals surface area contributed by atoms with Crippen LogP contribution < -0.4 is 5.32 Å². The lowest BCUT2D eigenvalue weighted by molar-refractivity contribution is -0.149. The second-order valence-corrected chi connectivity index (χ2v) is 5.15. The minimum atomic E-state index is -0.465. The van der Waals surface area contributed by atoms with E-state index in [2.05, 4.69) is 18.3 Å². The van der Waals surface area contributed by atoms with Crippen LogP contribution in [0.3, 0.4) is 0 Å². The standard InChI is InChI=1S/C13H21N3O2/c1-2-13(4-3-5-15-10-13)12(17)16-6-7-18-11(8-14)9-16/h11,15H,2-7,9-10H2,1H3. The maximum atomic E-state index is 12.7. The number of ether oxygens (including phenoxy) is 1. The summed E-state index contributed by atoms with van der Waals surface area (Å²) in [5.41, 5.74) is -0.268. The number of nitrogens with zero attached hydrogens (tertiary/aromatic N) is 2. The number of hydrogen-bond donors (Lipinski definition) is 1. The Bertz CT molecular complexity index is 345. The fourth-order valence-corrected chi connectivity index (χ4v) is 2.85. The Hall–Kier alpha value is -1.12. The highest BCUT2D eigenvalue weighted by Gasteiger charge is 2.41. The highest BCUT2D eigenvalue weighted by Crippen LogP contribution is 2.32. The number of nitriles is 1. The predicted octanol–water partition coefficient (Wildman–Crippen LogP) is 0.517.